The van der Waals surface area contributed by atoms with E-state index in [1.165, 1.54) is 24.8 Å². The third kappa shape index (κ3) is 3.47. The molecule has 3 nitrogen and oxygen atoms in total. The SMILES string of the molecule is CCNC1CCCC1OCc1cccc(OC)c1. The Labute approximate surface area is 109 Å². The van der Waals surface area contributed by atoms with Crippen LogP contribution in [0, 0.1) is 0 Å². The highest BCUT2D eigenvalue weighted by Gasteiger charge is 2.26. The molecule has 1 fully saturated rings. The van der Waals surface area contributed by atoms with Gasteiger partial charge in [-0.05, 0) is 43.5 Å². The van der Waals surface area contributed by atoms with Crippen LogP contribution in [0.5, 0.6) is 5.75 Å². The predicted molar refractivity (Wildman–Crippen MR) is 72.9 cm³/mol. The number of ether oxygens (including phenoxy) is 2. The maximum Gasteiger partial charge on any atom is 0.119 e. The van der Waals surface area contributed by atoms with Crippen molar-refractivity contribution in [2.75, 3.05) is 13.7 Å². The Hall–Kier alpha value is -1.06. The van der Waals surface area contributed by atoms with Crippen molar-refractivity contribution in [3.8, 4) is 5.75 Å². The molecule has 0 aliphatic heterocycles. The molecular weight excluding hydrogens is 226 g/mol. The van der Waals surface area contributed by atoms with E-state index in [-0.39, 0.29) is 0 Å². The van der Waals surface area contributed by atoms with Crippen LogP contribution in [0.3, 0.4) is 0 Å². The second-order valence-electron chi connectivity index (χ2n) is 4.80. The van der Waals surface area contributed by atoms with Crippen LogP contribution in [-0.2, 0) is 11.3 Å². The van der Waals surface area contributed by atoms with Gasteiger partial charge >= 0.3 is 0 Å². The van der Waals surface area contributed by atoms with E-state index in [2.05, 4.69) is 18.3 Å². The van der Waals surface area contributed by atoms with E-state index < -0.39 is 0 Å². The van der Waals surface area contributed by atoms with Crippen molar-refractivity contribution in [1.29, 1.82) is 0 Å². The minimum absolute atomic E-state index is 0.358. The molecule has 18 heavy (non-hydrogen) atoms. The van der Waals surface area contributed by atoms with Gasteiger partial charge in [0.05, 0.1) is 19.8 Å². The van der Waals surface area contributed by atoms with Crippen LogP contribution in [0.1, 0.15) is 31.7 Å². The number of benzene rings is 1. The van der Waals surface area contributed by atoms with E-state index in [0.717, 1.165) is 12.3 Å². The lowest BCUT2D eigenvalue weighted by molar-refractivity contribution is 0.0282. The first-order valence-electron chi connectivity index (χ1n) is 6.81. The molecule has 0 amide bonds. The highest BCUT2D eigenvalue weighted by molar-refractivity contribution is 5.27. The van der Waals surface area contributed by atoms with Gasteiger partial charge in [0.2, 0.25) is 0 Å². The zero-order valence-electron chi connectivity index (χ0n) is 11.3. The summed E-state index contributed by atoms with van der Waals surface area (Å²) in [4.78, 5) is 0. The number of nitrogens with one attached hydrogen (secondary N) is 1. The van der Waals surface area contributed by atoms with Gasteiger partial charge in [-0.1, -0.05) is 19.1 Å². The predicted octanol–water partition coefficient (Wildman–Crippen LogP) is 2.74. The molecule has 2 rings (SSSR count). The summed E-state index contributed by atoms with van der Waals surface area (Å²) >= 11 is 0. The van der Waals surface area contributed by atoms with Crippen molar-refractivity contribution in [1.82, 2.24) is 5.32 Å². The molecule has 1 aliphatic rings. The average Bonchev–Trinajstić information content (AvgIpc) is 2.85. The number of rotatable bonds is 6. The number of methoxy groups -OCH3 is 1. The van der Waals surface area contributed by atoms with Gasteiger partial charge in [-0.15, -0.1) is 0 Å². The minimum Gasteiger partial charge on any atom is -0.497 e. The minimum atomic E-state index is 0.358. The second-order valence-corrected chi connectivity index (χ2v) is 4.80. The van der Waals surface area contributed by atoms with Gasteiger partial charge in [-0.25, -0.2) is 0 Å². The molecule has 0 saturated heterocycles. The van der Waals surface area contributed by atoms with Crippen LogP contribution in [0.4, 0.5) is 0 Å². The van der Waals surface area contributed by atoms with Crippen LogP contribution in [0.25, 0.3) is 0 Å². The third-order valence-electron chi connectivity index (χ3n) is 3.52. The Kier molecular flexibility index (Phi) is 5.02. The van der Waals surface area contributed by atoms with Crippen LogP contribution in [-0.4, -0.2) is 25.8 Å². The lowest BCUT2D eigenvalue weighted by Gasteiger charge is -2.21. The molecule has 0 radical (unpaired) electrons. The Morgan fingerprint density at radius 3 is 3.00 bits per heavy atom. The molecule has 1 N–H and O–H groups in total. The maximum atomic E-state index is 6.04. The van der Waals surface area contributed by atoms with Crippen LogP contribution < -0.4 is 10.1 Å². The molecule has 2 atom stereocenters. The summed E-state index contributed by atoms with van der Waals surface area (Å²) in [6, 6.07) is 8.62. The molecule has 0 aromatic heterocycles. The maximum absolute atomic E-state index is 6.04. The molecule has 1 aromatic rings. The first kappa shape index (κ1) is 13.4. The Balaban J connectivity index is 1.86. The second kappa shape index (κ2) is 6.76. The topological polar surface area (TPSA) is 30.5 Å². The summed E-state index contributed by atoms with van der Waals surface area (Å²) in [6.07, 6.45) is 4.02. The first-order chi connectivity index (χ1) is 8.83. The normalized spacial score (nSPS) is 23.2. The van der Waals surface area contributed by atoms with Gasteiger partial charge in [-0.2, -0.15) is 0 Å². The van der Waals surface area contributed by atoms with E-state index in [1.807, 2.05) is 18.2 Å². The van der Waals surface area contributed by atoms with Gasteiger partial charge < -0.3 is 14.8 Å². The molecular formula is C15H23NO2. The Morgan fingerprint density at radius 1 is 1.33 bits per heavy atom. The molecule has 100 valence electrons. The summed E-state index contributed by atoms with van der Waals surface area (Å²) in [7, 11) is 1.69. The van der Waals surface area contributed by atoms with E-state index in [4.69, 9.17) is 9.47 Å². The van der Waals surface area contributed by atoms with Gasteiger partial charge in [-0.3, -0.25) is 0 Å². The molecule has 1 saturated carbocycles. The van der Waals surface area contributed by atoms with E-state index in [1.54, 1.807) is 7.11 Å². The summed E-state index contributed by atoms with van der Waals surface area (Å²) in [6.45, 7) is 3.84. The molecule has 1 aromatic carbocycles. The van der Waals surface area contributed by atoms with Crippen LogP contribution in [0.15, 0.2) is 24.3 Å². The summed E-state index contributed by atoms with van der Waals surface area (Å²) in [5, 5.41) is 3.50. The largest absolute Gasteiger partial charge is 0.497 e. The third-order valence-corrected chi connectivity index (χ3v) is 3.52. The van der Waals surface area contributed by atoms with Crippen molar-refractivity contribution >= 4 is 0 Å². The van der Waals surface area contributed by atoms with E-state index in [0.29, 0.717) is 18.8 Å². The number of hydrogen-bond acceptors (Lipinski definition) is 3. The monoisotopic (exact) mass is 249 g/mol. The molecule has 2 unspecified atom stereocenters. The zero-order chi connectivity index (χ0) is 12.8. The van der Waals surface area contributed by atoms with Crippen molar-refractivity contribution in [3.05, 3.63) is 29.8 Å². The van der Waals surface area contributed by atoms with Gasteiger partial charge in [0.15, 0.2) is 0 Å². The molecule has 0 bridgehead atoms. The van der Waals surface area contributed by atoms with Crippen molar-refractivity contribution in [2.24, 2.45) is 0 Å². The van der Waals surface area contributed by atoms with Gasteiger partial charge in [0, 0.05) is 6.04 Å². The molecule has 0 spiro atoms. The number of likely N-dealkylation sites (N-methyl/N-ethyl adjacent to an activating group) is 1. The fourth-order valence-corrected chi connectivity index (χ4v) is 2.59. The van der Waals surface area contributed by atoms with Crippen molar-refractivity contribution < 1.29 is 9.47 Å². The van der Waals surface area contributed by atoms with Crippen LogP contribution >= 0.6 is 0 Å². The fraction of sp³-hybridized carbons (Fsp3) is 0.600. The van der Waals surface area contributed by atoms with Crippen LogP contribution in [0.2, 0.25) is 0 Å². The van der Waals surface area contributed by atoms with Gasteiger partial charge in [0.1, 0.15) is 5.75 Å². The molecule has 3 heteroatoms. The lowest BCUT2D eigenvalue weighted by atomic mass is 10.2. The molecule has 1 aliphatic carbocycles. The summed E-state index contributed by atoms with van der Waals surface area (Å²) in [5.41, 5.74) is 1.18. The summed E-state index contributed by atoms with van der Waals surface area (Å²) in [5.74, 6) is 0.894. The number of hydrogen-bond donors (Lipinski definition) is 1. The van der Waals surface area contributed by atoms with Crippen molar-refractivity contribution in [2.45, 2.75) is 44.9 Å². The average molecular weight is 249 g/mol. The smallest absolute Gasteiger partial charge is 0.119 e. The van der Waals surface area contributed by atoms with Crippen molar-refractivity contribution in [3.63, 3.8) is 0 Å². The first-order valence-corrected chi connectivity index (χ1v) is 6.81. The summed E-state index contributed by atoms with van der Waals surface area (Å²) < 4.78 is 11.3. The highest BCUT2D eigenvalue weighted by Crippen LogP contribution is 2.23. The Bertz CT molecular complexity index is 367. The lowest BCUT2D eigenvalue weighted by Crippen LogP contribution is -2.37. The van der Waals surface area contributed by atoms with E-state index >= 15 is 0 Å². The Morgan fingerprint density at radius 2 is 2.22 bits per heavy atom. The molecule has 0 heterocycles. The quantitative estimate of drug-likeness (QED) is 0.841. The standard InChI is InChI=1S/C15H23NO2/c1-3-16-14-8-5-9-15(14)18-11-12-6-4-7-13(10-12)17-2/h4,6-7,10,14-16H,3,5,8-9,11H2,1-2H3. The fourth-order valence-electron chi connectivity index (χ4n) is 2.59. The zero-order valence-corrected chi connectivity index (χ0v) is 11.3. The van der Waals surface area contributed by atoms with Gasteiger partial charge in [0.25, 0.3) is 0 Å². The van der Waals surface area contributed by atoms with E-state index in [9.17, 15) is 0 Å². The highest BCUT2D eigenvalue weighted by atomic mass is 16.5.